The maximum atomic E-state index is 4.61. The zero-order valence-corrected chi connectivity index (χ0v) is 24.4. The van der Waals surface area contributed by atoms with Gasteiger partial charge in [-0.3, -0.25) is 9.97 Å². The highest BCUT2D eigenvalue weighted by atomic mass is 14.6. The number of hydrogen-bond acceptors (Lipinski definition) is 2. The van der Waals surface area contributed by atoms with E-state index in [0.717, 1.165) is 30.4 Å². The lowest BCUT2D eigenvalue weighted by atomic mass is 9.66. The molecule has 2 heterocycles. The molecule has 2 aromatic carbocycles. The summed E-state index contributed by atoms with van der Waals surface area (Å²) in [7, 11) is 0. The zero-order valence-electron chi connectivity index (χ0n) is 24.4. The van der Waals surface area contributed by atoms with Gasteiger partial charge in [-0.25, -0.2) is 0 Å². The number of rotatable bonds is 4. The van der Waals surface area contributed by atoms with Crippen LogP contribution >= 0.6 is 0 Å². The quantitative estimate of drug-likeness (QED) is 0.256. The lowest BCUT2D eigenvalue weighted by Gasteiger charge is -2.37. The van der Waals surface area contributed by atoms with Crippen molar-refractivity contribution in [3.8, 4) is 11.1 Å². The van der Waals surface area contributed by atoms with Crippen molar-refractivity contribution in [3.63, 3.8) is 0 Å². The van der Waals surface area contributed by atoms with Gasteiger partial charge < -0.3 is 0 Å². The van der Waals surface area contributed by atoms with Crippen LogP contribution in [0.25, 0.3) is 33.9 Å². The molecule has 4 aliphatic rings. The van der Waals surface area contributed by atoms with Gasteiger partial charge in [0.15, 0.2) is 0 Å². The molecule has 0 bridgehead atoms. The van der Waals surface area contributed by atoms with Crippen LogP contribution in [0.2, 0.25) is 0 Å². The van der Waals surface area contributed by atoms with Crippen LogP contribution in [0.1, 0.15) is 36.5 Å². The normalized spacial score (nSPS) is 22.2. The standard InChI is InChI=1S/C41H34N2/c1-27-22-31(34-24-33(25-43-26-34)29-18-20-42-21-19-29)16-17-35(27)41-38-12-6-4-10-36(38)40(37-11-5-7-13-39(37)41)32-15-14-28-8-2-3-9-30(28)23-32/h2-13,16-21,23-27,36,38H,14-15,22H2,1H3. The molecule has 0 saturated carbocycles. The summed E-state index contributed by atoms with van der Waals surface area (Å²) in [5, 5.41) is 2.80. The minimum absolute atomic E-state index is 0.327. The summed E-state index contributed by atoms with van der Waals surface area (Å²) in [4.78, 5) is 8.78. The van der Waals surface area contributed by atoms with Crippen LogP contribution in [0.4, 0.5) is 0 Å². The molecular formula is C41H34N2. The lowest BCUT2D eigenvalue weighted by Crippen LogP contribution is -2.41. The third kappa shape index (κ3) is 4.58. The highest BCUT2D eigenvalue weighted by molar-refractivity contribution is 5.86. The van der Waals surface area contributed by atoms with Crippen molar-refractivity contribution in [1.82, 2.24) is 9.97 Å². The SMILES string of the molecule is CC1CC(c2cncc(-c3ccncc3)c2)=CC=C1C1=c2ccccc2=C(C2=Cc3ccccc3CC2)C2C=CC=CC12. The Morgan fingerprint density at radius 3 is 2.19 bits per heavy atom. The van der Waals surface area contributed by atoms with Gasteiger partial charge in [-0.15, -0.1) is 0 Å². The van der Waals surface area contributed by atoms with E-state index >= 15 is 0 Å². The van der Waals surface area contributed by atoms with Crippen molar-refractivity contribution in [2.75, 3.05) is 0 Å². The molecule has 2 nitrogen and oxygen atoms in total. The van der Waals surface area contributed by atoms with Gasteiger partial charge in [0, 0.05) is 42.2 Å². The Bertz CT molecular complexity index is 2020. The predicted molar refractivity (Wildman–Crippen MR) is 178 cm³/mol. The van der Waals surface area contributed by atoms with Crippen LogP contribution in [0.3, 0.4) is 0 Å². The van der Waals surface area contributed by atoms with E-state index in [1.54, 1.807) is 0 Å². The maximum Gasteiger partial charge on any atom is 0.0346 e. The predicted octanol–water partition coefficient (Wildman–Crippen LogP) is 7.90. The largest absolute Gasteiger partial charge is 0.265 e. The molecule has 3 atom stereocenters. The van der Waals surface area contributed by atoms with Crippen molar-refractivity contribution in [2.24, 2.45) is 17.8 Å². The van der Waals surface area contributed by atoms with E-state index in [2.05, 4.69) is 114 Å². The van der Waals surface area contributed by atoms with Crippen LogP contribution in [0.15, 0.2) is 139 Å². The van der Waals surface area contributed by atoms with E-state index in [9.17, 15) is 0 Å². The summed E-state index contributed by atoms with van der Waals surface area (Å²) >= 11 is 0. The van der Waals surface area contributed by atoms with Crippen LogP contribution in [-0.2, 0) is 6.42 Å². The zero-order chi connectivity index (χ0) is 28.8. The summed E-state index contributed by atoms with van der Waals surface area (Å²) in [5.74, 6) is 1.06. The lowest BCUT2D eigenvalue weighted by molar-refractivity contribution is 0.645. The average Bonchev–Trinajstić information content (AvgIpc) is 3.07. The Hall–Kier alpha value is -4.82. The Balaban J connectivity index is 1.27. The number of fused-ring (bicyclic) bond motifs is 3. The maximum absolute atomic E-state index is 4.61. The van der Waals surface area contributed by atoms with Crippen molar-refractivity contribution in [1.29, 1.82) is 0 Å². The Kier molecular flexibility index (Phi) is 6.48. The third-order valence-corrected chi connectivity index (χ3v) is 9.66. The Morgan fingerprint density at radius 1 is 0.651 bits per heavy atom. The van der Waals surface area contributed by atoms with Gasteiger partial charge in [0.1, 0.15) is 0 Å². The van der Waals surface area contributed by atoms with Crippen molar-refractivity contribution in [2.45, 2.75) is 26.2 Å². The van der Waals surface area contributed by atoms with E-state index in [-0.39, 0.29) is 0 Å². The first-order valence-corrected chi connectivity index (χ1v) is 15.5. The van der Waals surface area contributed by atoms with Gasteiger partial charge in [-0.2, -0.15) is 0 Å². The minimum atomic E-state index is 0.327. The first kappa shape index (κ1) is 25.9. The van der Waals surface area contributed by atoms with Gasteiger partial charge >= 0.3 is 0 Å². The molecule has 0 fully saturated rings. The second-order valence-corrected chi connectivity index (χ2v) is 12.2. The second kappa shape index (κ2) is 10.8. The molecule has 2 aromatic heterocycles. The van der Waals surface area contributed by atoms with Gasteiger partial charge in [0.2, 0.25) is 0 Å². The smallest absolute Gasteiger partial charge is 0.0346 e. The topological polar surface area (TPSA) is 25.8 Å². The van der Waals surface area contributed by atoms with E-state index in [4.69, 9.17) is 0 Å². The Morgan fingerprint density at radius 2 is 1.37 bits per heavy atom. The van der Waals surface area contributed by atoms with Crippen LogP contribution in [-0.4, -0.2) is 9.97 Å². The number of benzene rings is 2. The van der Waals surface area contributed by atoms with Crippen molar-refractivity contribution < 1.29 is 0 Å². The molecule has 8 rings (SSSR count). The molecule has 0 radical (unpaired) electrons. The molecule has 4 aliphatic carbocycles. The number of aryl methyl sites for hydroxylation is 1. The highest BCUT2D eigenvalue weighted by Gasteiger charge is 2.35. The molecule has 0 spiro atoms. The van der Waals surface area contributed by atoms with Gasteiger partial charge in [0.05, 0.1) is 0 Å². The van der Waals surface area contributed by atoms with Gasteiger partial charge in [-0.05, 0) is 104 Å². The number of pyridine rings is 2. The summed E-state index contributed by atoms with van der Waals surface area (Å²) in [6, 6.07) is 24.4. The Labute approximate surface area is 253 Å². The molecule has 0 aliphatic heterocycles. The summed E-state index contributed by atoms with van der Waals surface area (Å²) in [6.45, 7) is 2.39. The van der Waals surface area contributed by atoms with Gasteiger partial charge in [0.25, 0.3) is 0 Å². The first-order chi connectivity index (χ1) is 21.2. The third-order valence-electron chi connectivity index (χ3n) is 9.66. The number of hydrogen-bond donors (Lipinski definition) is 0. The molecule has 0 N–H and O–H groups in total. The van der Waals surface area contributed by atoms with Gasteiger partial charge in [-0.1, -0.05) is 98.0 Å². The highest BCUT2D eigenvalue weighted by Crippen LogP contribution is 2.46. The number of aromatic nitrogens is 2. The molecule has 43 heavy (non-hydrogen) atoms. The van der Waals surface area contributed by atoms with E-state index in [1.165, 1.54) is 55.0 Å². The van der Waals surface area contributed by atoms with Crippen LogP contribution < -0.4 is 10.4 Å². The molecule has 0 amide bonds. The molecule has 208 valence electrons. The van der Waals surface area contributed by atoms with Crippen molar-refractivity contribution in [3.05, 3.63) is 166 Å². The molecular weight excluding hydrogens is 520 g/mol. The van der Waals surface area contributed by atoms with Crippen molar-refractivity contribution >= 4 is 22.8 Å². The summed E-state index contributed by atoms with van der Waals surface area (Å²) in [5.41, 5.74) is 13.6. The number of nitrogens with zero attached hydrogens (tertiary/aromatic N) is 2. The summed E-state index contributed by atoms with van der Waals surface area (Å²) < 4.78 is 0. The average molecular weight is 555 g/mol. The fourth-order valence-electron chi connectivity index (χ4n) is 7.60. The van der Waals surface area contributed by atoms with E-state index in [0.29, 0.717) is 17.8 Å². The second-order valence-electron chi connectivity index (χ2n) is 12.2. The fraction of sp³-hybridized carbons (Fsp3) is 0.171. The fourth-order valence-corrected chi connectivity index (χ4v) is 7.60. The molecule has 4 aromatic rings. The minimum Gasteiger partial charge on any atom is -0.265 e. The molecule has 2 heteroatoms. The van der Waals surface area contributed by atoms with E-state index in [1.807, 2.05) is 36.9 Å². The number of allylic oxidation sites excluding steroid dienone is 9. The molecule has 0 saturated heterocycles. The van der Waals surface area contributed by atoms with Crippen LogP contribution in [0, 0.1) is 17.8 Å². The molecule has 3 unspecified atom stereocenters. The first-order valence-electron chi connectivity index (χ1n) is 15.5. The van der Waals surface area contributed by atoms with E-state index < -0.39 is 0 Å². The summed E-state index contributed by atoms with van der Waals surface area (Å²) in [6.07, 6.45) is 27.4. The monoisotopic (exact) mass is 554 g/mol. The van der Waals surface area contributed by atoms with Crippen LogP contribution in [0.5, 0.6) is 0 Å².